The first-order valence-electron chi connectivity index (χ1n) is 6.63. The van der Waals surface area contributed by atoms with Crippen molar-refractivity contribution in [1.82, 2.24) is 0 Å². The van der Waals surface area contributed by atoms with Crippen molar-refractivity contribution in [1.29, 1.82) is 0 Å². The molecule has 90 valence electrons. The van der Waals surface area contributed by atoms with Gasteiger partial charge in [-0.1, -0.05) is 31.9 Å². The maximum Gasteiger partial charge on any atom is 0.133 e. The van der Waals surface area contributed by atoms with E-state index >= 15 is 0 Å². The van der Waals surface area contributed by atoms with E-state index < -0.39 is 0 Å². The van der Waals surface area contributed by atoms with Crippen LogP contribution in [0, 0.1) is 17.3 Å². The van der Waals surface area contributed by atoms with Gasteiger partial charge < -0.3 is 0 Å². The van der Waals surface area contributed by atoms with Crippen molar-refractivity contribution in [2.45, 2.75) is 59.8 Å². The van der Waals surface area contributed by atoms with Crippen LogP contribution in [0.4, 0.5) is 0 Å². The molecule has 0 amide bonds. The van der Waals surface area contributed by atoms with Crippen molar-refractivity contribution in [2.75, 3.05) is 0 Å². The molecule has 2 rings (SSSR count). The molecule has 0 aromatic carbocycles. The summed E-state index contributed by atoms with van der Waals surface area (Å²) in [5.41, 5.74) is 3.65. The number of Topliss-reactive ketones (excluding diaryl/α,β-unsaturated/α-hetero) is 1. The lowest BCUT2D eigenvalue weighted by Gasteiger charge is -2.42. The van der Waals surface area contributed by atoms with Crippen LogP contribution in [-0.4, -0.2) is 5.78 Å². The Morgan fingerprint density at radius 3 is 2.62 bits per heavy atom. The fourth-order valence-electron chi connectivity index (χ4n) is 3.67. The molecule has 0 aliphatic heterocycles. The van der Waals surface area contributed by atoms with Gasteiger partial charge in [0.05, 0.1) is 0 Å². The number of rotatable bonds is 1. The van der Waals surface area contributed by atoms with Crippen LogP contribution in [-0.2, 0) is 4.79 Å². The van der Waals surface area contributed by atoms with E-state index in [0.717, 1.165) is 6.42 Å². The molecule has 0 saturated heterocycles. The summed E-state index contributed by atoms with van der Waals surface area (Å²) in [6, 6.07) is 0. The topological polar surface area (TPSA) is 17.1 Å². The first-order valence-corrected chi connectivity index (χ1v) is 6.63. The number of ketones is 1. The molecule has 0 heterocycles. The number of carbonyl (C=O) groups is 1. The second-order valence-corrected chi connectivity index (χ2v) is 6.42. The predicted octanol–water partition coefficient (Wildman–Crippen LogP) is 4.13. The molecule has 0 spiro atoms. The normalized spacial score (nSPS) is 33.5. The molecule has 0 fully saturated rings. The van der Waals surface area contributed by atoms with Gasteiger partial charge in [-0.2, -0.15) is 0 Å². The average molecular weight is 220 g/mol. The van der Waals surface area contributed by atoms with Crippen molar-refractivity contribution >= 4 is 5.78 Å². The Hall–Kier alpha value is -0.590. The minimum atomic E-state index is 0.288. The van der Waals surface area contributed by atoms with E-state index in [1.54, 1.807) is 18.1 Å². The Bertz CT molecular complexity index is 335. The molecule has 1 heteroatoms. The summed E-state index contributed by atoms with van der Waals surface area (Å²) in [5.74, 6) is 1.24. The summed E-state index contributed by atoms with van der Waals surface area (Å²) < 4.78 is 0. The molecule has 2 unspecified atom stereocenters. The molecular weight excluding hydrogens is 196 g/mol. The summed E-state index contributed by atoms with van der Waals surface area (Å²) >= 11 is 0. The SMILES string of the molecule is CC(=O)C1CC2=C(CCCC2(C)C)CC1C. The van der Waals surface area contributed by atoms with E-state index in [2.05, 4.69) is 20.8 Å². The van der Waals surface area contributed by atoms with Crippen LogP contribution in [0.1, 0.15) is 59.8 Å². The van der Waals surface area contributed by atoms with Crippen LogP contribution in [0.2, 0.25) is 0 Å². The lowest BCUT2D eigenvalue weighted by molar-refractivity contribution is -0.122. The Labute approximate surface area is 99.3 Å². The summed E-state index contributed by atoms with van der Waals surface area (Å²) in [6.45, 7) is 8.73. The molecule has 0 aromatic rings. The van der Waals surface area contributed by atoms with Gasteiger partial charge in [0.25, 0.3) is 0 Å². The van der Waals surface area contributed by atoms with Gasteiger partial charge in [-0.15, -0.1) is 0 Å². The van der Waals surface area contributed by atoms with E-state index in [9.17, 15) is 4.79 Å². The third-order valence-electron chi connectivity index (χ3n) is 4.73. The predicted molar refractivity (Wildman–Crippen MR) is 67.2 cm³/mol. The second-order valence-electron chi connectivity index (χ2n) is 6.42. The van der Waals surface area contributed by atoms with Crippen molar-refractivity contribution in [3.8, 4) is 0 Å². The quantitative estimate of drug-likeness (QED) is 0.607. The Balaban J connectivity index is 2.31. The molecule has 0 bridgehead atoms. The van der Waals surface area contributed by atoms with Gasteiger partial charge >= 0.3 is 0 Å². The number of carbonyl (C=O) groups excluding carboxylic acids is 1. The maximum atomic E-state index is 11.7. The van der Waals surface area contributed by atoms with Crippen LogP contribution >= 0.6 is 0 Å². The molecule has 2 aliphatic carbocycles. The van der Waals surface area contributed by atoms with Crippen molar-refractivity contribution in [3.63, 3.8) is 0 Å². The molecule has 2 aliphatic rings. The van der Waals surface area contributed by atoms with E-state index in [1.165, 1.54) is 25.7 Å². The highest BCUT2D eigenvalue weighted by Gasteiger charge is 2.37. The summed E-state index contributed by atoms with van der Waals surface area (Å²) in [6.07, 6.45) is 6.13. The lowest BCUT2D eigenvalue weighted by atomic mass is 9.63. The number of hydrogen-bond acceptors (Lipinski definition) is 1. The Morgan fingerprint density at radius 1 is 1.31 bits per heavy atom. The zero-order valence-electron chi connectivity index (χ0n) is 11.1. The highest BCUT2D eigenvalue weighted by molar-refractivity contribution is 5.79. The average Bonchev–Trinajstić information content (AvgIpc) is 2.15. The van der Waals surface area contributed by atoms with Gasteiger partial charge in [0.1, 0.15) is 5.78 Å². The van der Waals surface area contributed by atoms with Crippen molar-refractivity contribution in [2.24, 2.45) is 17.3 Å². The molecular formula is C15H24O. The molecule has 2 atom stereocenters. The molecule has 1 nitrogen and oxygen atoms in total. The van der Waals surface area contributed by atoms with Crippen molar-refractivity contribution < 1.29 is 4.79 Å². The summed E-state index contributed by atoms with van der Waals surface area (Å²) in [5, 5.41) is 0. The highest BCUT2D eigenvalue weighted by Crippen LogP contribution is 2.49. The van der Waals surface area contributed by atoms with Crippen LogP contribution in [0.3, 0.4) is 0 Å². The van der Waals surface area contributed by atoms with Gasteiger partial charge in [0.2, 0.25) is 0 Å². The monoisotopic (exact) mass is 220 g/mol. The van der Waals surface area contributed by atoms with Gasteiger partial charge in [0, 0.05) is 5.92 Å². The largest absolute Gasteiger partial charge is 0.300 e. The smallest absolute Gasteiger partial charge is 0.133 e. The van der Waals surface area contributed by atoms with Gasteiger partial charge in [-0.3, -0.25) is 4.79 Å². The molecule has 0 aromatic heterocycles. The summed E-state index contributed by atoms with van der Waals surface area (Å²) in [4.78, 5) is 11.7. The van der Waals surface area contributed by atoms with Crippen LogP contribution in [0.15, 0.2) is 11.1 Å². The van der Waals surface area contributed by atoms with E-state index in [1.807, 2.05) is 0 Å². The van der Waals surface area contributed by atoms with E-state index in [4.69, 9.17) is 0 Å². The Morgan fingerprint density at radius 2 is 2.00 bits per heavy atom. The molecule has 0 N–H and O–H groups in total. The first-order chi connectivity index (χ1) is 7.42. The highest BCUT2D eigenvalue weighted by atomic mass is 16.1. The van der Waals surface area contributed by atoms with Gasteiger partial charge in [-0.25, -0.2) is 0 Å². The minimum Gasteiger partial charge on any atom is -0.300 e. The lowest BCUT2D eigenvalue weighted by Crippen LogP contribution is -2.32. The first kappa shape index (κ1) is 11.9. The Kier molecular flexibility index (Phi) is 2.98. The molecule has 0 radical (unpaired) electrons. The molecule has 16 heavy (non-hydrogen) atoms. The van der Waals surface area contributed by atoms with Crippen LogP contribution < -0.4 is 0 Å². The van der Waals surface area contributed by atoms with E-state index in [-0.39, 0.29) is 5.92 Å². The number of hydrogen-bond donors (Lipinski definition) is 0. The third kappa shape index (κ3) is 1.97. The maximum absolute atomic E-state index is 11.7. The minimum absolute atomic E-state index is 0.288. The van der Waals surface area contributed by atoms with Crippen LogP contribution in [0.25, 0.3) is 0 Å². The fraction of sp³-hybridized carbons (Fsp3) is 0.800. The zero-order valence-corrected chi connectivity index (χ0v) is 11.1. The standard InChI is InChI=1S/C15H24O/c1-10-8-12-6-5-7-15(3,4)14(12)9-13(10)11(2)16/h10,13H,5-9H2,1-4H3. The number of allylic oxidation sites excluding steroid dienone is 2. The van der Waals surface area contributed by atoms with Crippen molar-refractivity contribution in [3.05, 3.63) is 11.1 Å². The van der Waals surface area contributed by atoms with E-state index in [0.29, 0.717) is 17.1 Å². The van der Waals surface area contributed by atoms with Crippen LogP contribution in [0.5, 0.6) is 0 Å². The molecule has 0 saturated carbocycles. The third-order valence-corrected chi connectivity index (χ3v) is 4.73. The van der Waals surface area contributed by atoms with Gasteiger partial charge in [-0.05, 0) is 50.4 Å². The second kappa shape index (κ2) is 4.01. The van der Waals surface area contributed by atoms with Gasteiger partial charge in [0.15, 0.2) is 0 Å². The zero-order chi connectivity index (χ0) is 11.9. The fourth-order valence-corrected chi connectivity index (χ4v) is 3.67. The summed E-state index contributed by atoms with van der Waals surface area (Å²) in [7, 11) is 0.